The van der Waals surface area contributed by atoms with Gasteiger partial charge >= 0.3 is 0 Å². The Bertz CT molecular complexity index is 457. The summed E-state index contributed by atoms with van der Waals surface area (Å²) >= 11 is 0. The van der Waals surface area contributed by atoms with Crippen molar-refractivity contribution in [2.45, 2.75) is 12.8 Å². The Morgan fingerprint density at radius 3 is 2.62 bits per heavy atom. The molecular weight excluding hydrogens is 270 g/mol. The van der Waals surface area contributed by atoms with Crippen LogP contribution in [0.2, 0.25) is 0 Å². The third-order valence-electron chi connectivity index (χ3n) is 3.72. The van der Waals surface area contributed by atoms with Crippen LogP contribution >= 0.6 is 0 Å². The highest BCUT2D eigenvalue weighted by Crippen LogP contribution is 2.25. The highest BCUT2D eigenvalue weighted by molar-refractivity contribution is 5.77. The van der Waals surface area contributed by atoms with Gasteiger partial charge in [-0.25, -0.2) is 0 Å². The minimum absolute atomic E-state index is 0.0209. The molecule has 0 radical (unpaired) electrons. The van der Waals surface area contributed by atoms with Gasteiger partial charge in [-0.05, 0) is 30.9 Å². The summed E-state index contributed by atoms with van der Waals surface area (Å²) in [5.41, 5.74) is 0. The Morgan fingerprint density at radius 2 is 1.95 bits per heavy atom. The summed E-state index contributed by atoms with van der Waals surface area (Å²) in [6, 6.07) is 7.33. The van der Waals surface area contributed by atoms with E-state index in [0.717, 1.165) is 32.6 Å². The van der Waals surface area contributed by atoms with Gasteiger partial charge in [0.2, 0.25) is 0 Å². The summed E-state index contributed by atoms with van der Waals surface area (Å²) in [4.78, 5) is 13.9. The van der Waals surface area contributed by atoms with E-state index in [0.29, 0.717) is 17.4 Å². The summed E-state index contributed by atoms with van der Waals surface area (Å²) in [6.45, 7) is 2.38. The number of likely N-dealkylation sites (N-methyl/N-ethyl adjacent to an activating group) is 1. The van der Waals surface area contributed by atoms with Gasteiger partial charge in [-0.3, -0.25) is 4.79 Å². The second-order valence-corrected chi connectivity index (χ2v) is 5.27. The summed E-state index contributed by atoms with van der Waals surface area (Å²) in [5.74, 6) is 1.73. The molecule has 1 aliphatic heterocycles. The first-order valence-corrected chi connectivity index (χ1v) is 7.28. The number of methoxy groups -OCH3 is 1. The molecule has 1 heterocycles. The van der Waals surface area contributed by atoms with Gasteiger partial charge < -0.3 is 19.1 Å². The molecule has 5 heteroatoms. The van der Waals surface area contributed by atoms with E-state index >= 15 is 0 Å². The molecule has 0 N–H and O–H groups in total. The van der Waals surface area contributed by atoms with Crippen LogP contribution in [0.3, 0.4) is 0 Å². The number of carbonyl (C=O) groups is 1. The van der Waals surface area contributed by atoms with E-state index in [1.807, 2.05) is 25.2 Å². The highest BCUT2D eigenvalue weighted by atomic mass is 16.5. The molecular formula is C16H23NO4. The van der Waals surface area contributed by atoms with Crippen LogP contribution in [-0.2, 0) is 9.53 Å². The molecule has 1 fully saturated rings. The molecule has 1 aromatic carbocycles. The fraction of sp³-hybridized carbons (Fsp3) is 0.562. The van der Waals surface area contributed by atoms with Crippen molar-refractivity contribution in [3.05, 3.63) is 24.3 Å². The Balaban J connectivity index is 1.80. The van der Waals surface area contributed by atoms with Crippen molar-refractivity contribution in [2.75, 3.05) is 40.5 Å². The maximum absolute atomic E-state index is 12.1. The third-order valence-corrected chi connectivity index (χ3v) is 3.72. The Hall–Kier alpha value is -1.75. The van der Waals surface area contributed by atoms with Crippen LogP contribution < -0.4 is 9.47 Å². The topological polar surface area (TPSA) is 48.0 Å². The zero-order valence-electron chi connectivity index (χ0n) is 12.7. The van der Waals surface area contributed by atoms with E-state index in [4.69, 9.17) is 14.2 Å². The first-order chi connectivity index (χ1) is 10.2. The van der Waals surface area contributed by atoms with E-state index in [1.54, 1.807) is 18.1 Å². The molecule has 0 aromatic heterocycles. The van der Waals surface area contributed by atoms with Crippen molar-refractivity contribution >= 4 is 5.91 Å². The van der Waals surface area contributed by atoms with E-state index in [1.165, 1.54) is 0 Å². The maximum Gasteiger partial charge on any atom is 0.260 e. The number of amides is 1. The molecule has 21 heavy (non-hydrogen) atoms. The fourth-order valence-electron chi connectivity index (χ4n) is 2.41. The van der Waals surface area contributed by atoms with Crippen molar-refractivity contribution in [1.29, 1.82) is 0 Å². The van der Waals surface area contributed by atoms with Crippen LogP contribution in [-0.4, -0.2) is 51.3 Å². The summed E-state index contributed by atoms with van der Waals surface area (Å²) in [6.07, 6.45) is 2.04. The summed E-state index contributed by atoms with van der Waals surface area (Å²) in [7, 11) is 3.41. The SMILES string of the molecule is COc1ccccc1OCC(=O)N(C)CC1CCOCC1. The smallest absolute Gasteiger partial charge is 0.260 e. The lowest BCUT2D eigenvalue weighted by Gasteiger charge is -2.27. The van der Waals surface area contributed by atoms with Gasteiger partial charge in [0.1, 0.15) is 0 Å². The van der Waals surface area contributed by atoms with Crippen LogP contribution in [0.4, 0.5) is 0 Å². The number of ether oxygens (including phenoxy) is 3. The van der Waals surface area contributed by atoms with Gasteiger partial charge in [-0.2, -0.15) is 0 Å². The average molecular weight is 293 g/mol. The zero-order valence-corrected chi connectivity index (χ0v) is 12.7. The normalized spacial score (nSPS) is 15.5. The van der Waals surface area contributed by atoms with Crippen LogP contribution in [0, 0.1) is 5.92 Å². The Labute approximate surface area is 125 Å². The maximum atomic E-state index is 12.1. The first kappa shape index (κ1) is 15.6. The standard InChI is InChI=1S/C16H23NO4/c1-17(11-13-7-9-20-10-8-13)16(18)12-21-15-6-4-3-5-14(15)19-2/h3-6,13H,7-12H2,1-2H3. The van der Waals surface area contributed by atoms with Gasteiger partial charge in [0, 0.05) is 26.8 Å². The number of hydrogen-bond acceptors (Lipinski definition) is 4. The zero-order chi connectivity index (χ0) is 15.1. The second-order valence-electron chi connectivity index (χ2n) is 5.27. The quantitative estimate of drug-likeness (QED) is 0.804. The lowest BCUT2D eigenvalue weighted by Crippen LogP contribution is -2.36. The van der Waals surface area contributed by atoms with E-state index < -0.39 is 0 Å². The molecule has 1 aliphatic rings. The molecule has 1 aromatic rings. The van der Waals surface area contributed by atoms with Crippen molar-refractivity contribution in [1.82, 2.24) is 4.90 Å². The number of hydrogen-bond donors (Lipinski definition) is 0. The molecule has 1 amide bonds. The molecule has 5 nitrogen and oxygen atoms in total. The van der Waals surface area contributed by atoms with Crippen molar-refractivity contribution in [2.24, 2.45) is 5.92 Å². The average Bonchev–Trinajstić information content (AvgIpc) is 2.53. The molecule has 116 valence electrons. The van der Waals surface area contributed by atoms with Crippen LogP contribution in [0.25, 0.3) is 0 Å². The van der Waals surface area contributed by atoms with Gasteiger partial charge in [0.25, 0.3) is 5.91 Å². The largest absolute Gasteiger partial charge is 0.493 e. The van der Waals surface area contributed by atoms with Crippen molar-refractivity contribution < 1.29 is 19.0 Å². The monoisotopic (exact) mass is 293 g/mol. The van der Waals surface area contributed by atoms with Crippen molar-refractivity contribution in [3.8, 4) is 11.5 Å². The summed E-state index contributed by atoms with van der Waals surface area (Å²) in [5, 5.41) is 0. The molecule has 0 unspecified atom stereocenters. The number of nitrogens with zero attached hydrogens (tertiary/aromatic N) is 1. The van der Waals surface area contributed by atoms with Crippen LogP contribution in [0.5, 0.6) is 11.5 Å². The fourth-order valence-corrected chi connectivity index (χ4v) is 2.41. The molecule has 2 rings (SSSR count). The third kappa shape index (κ3) is 4.63. The van der Waals surface area contributed by atoms with Crippen LogP contribution in [0.15, 0.2) is 24.3 Å². The predicted molar refractivity (Wildman–Crippen MR) is 79.7 cm³/mol. The number of rotatable bonds is 6. The molecule has 0 saturated carbocycles. The molecule has 1 saturated heterocycles. The number of carbonyl (C=O) groups excluding carboxylic acids is 1. The number of para-hydroxylation sites is 2. The highest BCUT2D eigenvalue weighted by Gasteiger charge is 2.19. The summed E-state index contributed by atoms with van der Waals surface area (Å²) < 4.78 is 16.1. The van der Waals surface area contributed by atoms with Gasteiger partial charge in [0.05, 0.1) is 7.11 Å². The Kier molecular flexibility index (Phi) is 5.87. The minimum Gasteiger partial charge on any atom is -0.493 e. The first-order valence-electron chi connectivity index (χ1n) is 7.28. The van der Waals surface area contributed by atoms with E-state index in [-0.39, 0.29) is 12.5 Å². The molecule has 0 aliphatic carbocycles. The van der Waals surface area contributed by atoms with Crippen molar-refractivity contribution in [3.63, 3.8) is 0 Å². The van der Waals surface area contributed by atoms with Gasteiger partial charge in [-0.15, -0.1) is 0 Å². The molecule has 0 bridgehead atoms. The lowest BCUT2D eigenvalue weighted by atomic mass is 10.00. The predicted octanol–water partition coefficient (Wildman–Crippen LogP) is 1.96. The van der Waals surface area contributed by atoms with E-state index in [2.05, 4.69) is 0 Å². The Morgan fingerprint density at radius 1 is 1.29 bits per heavy atom. The second kappa shape index (κ2) is 7.88. The van der Waals surface area contributed by atoms with E-state index in [9.17, 15) is 4.79 Å². The lowest BCUT2D eigenvalue weighted by molar-refractivity contribution is -0.133. The molecule has 0 spiro atoms. The van der Waals surface area contributed by atoms with Crippen LogP contribution in [0.1, 0.15) is 12.8 Å². The minimum atomic E-state index is -0.0209. The number of benzene rings is 1. The van der Waals surface area contributed by atoms with Gasteiger partial charge in [-0.1, -0.05) is 12.1 Å². The van der Waals surface area contributed by atoms with Gasteiger partial charge in [0.15, 0.2) is 18.1 Å². The molecule has 0 atom stereocenters.